The first-order valence-corrected chi connectivity index (χ1v) is 6.99. The highest BCUT2D eigenvalue weighted by Crippen LogP contribution is 2.34. The second-order valence-electron chi connectivity index (χ2n) is 5.76. The molecule has 19 heavy (non-hydrogen) atoms. The number of carbonyl (C=O) groups excluding carboxylic acids is 1. The van der Waals surface area contributed by atoms with Crippen molar-refractivity contribution < 1.29 is 19.8 Å². The number of rotatable bonds is 4. The lowest BCUT2D eigenvalue weighted by molar-refractivity contribution is -0.139. The van der Waals surface area contributed by atoms with E-state index in [4.69, 9.17) is 5.11 Å². The molecule has 2 atom stereocenters. The summed E-state index contributed by atoms with van der Waals surface area (Å²) in [5.74, 6) is -0.891. The third-order valence-electron chi connectivity index (χ3n) is 4.22. The van der Waals surface area contributed by atoms with Gasteiger partial charge < -0.3 is 20.8 Å². The van der Waals surface area contributed by atoms with E-state index >= 15 is 0 Å². The van der Waals surface area contributed by atoms with Crippen LogP contribution in [0, 0.1) is 0 Å². The Hall–Kier alpha value is -1.30. The molecule has 2 aliphatic rings. The molecule has 2 rings (SSSR count). The van der Waals surface area contributed by atoms with Crippen LogP contribution >= 0.6 is 0 Å². The van der Waals surface area contributed by atoms with Crippen LogP contribution in [0.5, 0.6) is 0 Å². The number of amides is 2. The fraction of sp³-hybridized carbons (Fsp3) is 0.846. The van der Waals surface area contributed by atoms with Gasteiger partial charge in [0.1, 0.15) is 0 Å². The monoisotopic (exact) mass is 270 g/mol. The Bertz CT molecular complexity index is 355. The van der Waals surface area contributed by atoms with Crippen molar-refractivity contribution in [3.63, 3.8) is 0 Å². The van der Waals surface area contributed by atoms with E-state index < -0.39 is 17.6 Å². The van der Waals surface area contributed by atoms with Crippen molar-refractivity contribution in [1.29, 1.82) is 0 Å². The summed E-state index contributed by atoms with van der Waals surface area (Å²) in [5, 5.41) is 24.2. The SMILES string of the molecule is O=C(O)CC1(NC(=O)NC2CCCCC2O)CCC1. The molecule has 2 unspecified atom stereocenters. The summed E-state index contributed by atoms with van der Waals surface area (Å²) in [4.78, 5) is 22.7. The van der Waals surface area contributed by atoms with Crippen LogP contribution in [0.4, 0.5) is 4.79 Å². The van der Waals surface area contributed by atoms with Gasteiger partial charge in [-0.25, -0.2) is 4.79 Å². The highest BCUT2D eigenvalue weighted by Gasteiger charge is 2.40. The van der Waals surface area contributed by atoms with E-state index in [2.05, 4.69) is 10.6 Å². The van der Waals surface area contributed by atoms with Gasteiger partial charge in [0.15, 0.2) is 0 Å². The molecule has 6 nitrogen and oxygen atoms in total. The normalized spacial score (nSPS) is 29.1. The molecule has 0 spiro atoms. The first-order valence-electron chi connectivity index (χ1n) is 6.99. The summed E-state index contributed by atoms with van der Waals surface area (Å²) < 4.78 is 0. The summed E-state index contributed by atoms with van der Waals surface area (Å²) in [7, 11) is 0. The smallest absolute Gasteiger partial charge is 0.315 e. The van der Waals surface area contributed by atoms with Crippen LogP contribution in [0.15, 0.2) is 0 Å². The van der Waals surface area contributed by atoms with Gasteiger partial charge in [-0.1, -0.05) is 12.8 Å². The predicted octanol–water partition coefficient (Wildman–Crippen LogP) is 0.986. The lowest BCUT2D eigenvalue weighted by Crippen LogP contribution is -2.59. The molecule has 6 heteroatoms. The van der Waals surface area contributed by atoms with Crippen LogP contribution in [0.3, 0.4) is 0 Å². The fourth-order valence-electron chi connectivity index (χ4n) is 2.96. The topological polar surface area (TPSA) is 98.7 Å². The number of carbonyl (C=O) groups is 2. The number of aliphatic hydroxyl groups excluding tert-OH is 1. The van der Waals surface area contributed by atoms with E-state index in [1.165, 1.54) is 0 Å². The second-order valence-corrected chi connectivity index (χ2v) is 5.76. The van der Waals surface area contributed by atoms with E-state index in [1.54, 1.807) is 0 Å². The minimum atomic E-state index is -0.891. The number of aliphatic carboxylic acids is 1. The molecule has 0 aliphatic heterocycles. The van der Waals surface area contributed by atoms with Gasteiger partial charge in [0.25, 0.3) is 0 Å². The molecule has 0 radical (unpaired) electrons. The molecule has 2 fully saturated rings. The number of carboxylic acids is 1. The van der Waals surface area contributed by atoms with E-state index in [0.29, 0.717) is 19.3 Å². The summed E-state index contributed by atoms with van der Waals surface area (Å²) in [6.07, 6.45) is 5.32. The quantitative estimate of drug-likeness (QED) is 0.612. The average Bonchev–Trinajstić information content (AvgIpc) is 2.28. The first kappa shape index (κ1) is 14.1. The van der Waals surface area contributed by atoms with Gasteiger partial charge in [-0.3, -0.25) is 4.79 Å². The Morgan fingerprint density at radius 2 is 1.84 bits per heavy atom. The number of hydrogen-bond acceptors (Lipinski definition) is 3. The van der Waals surface area contributed by atoms with Gasteiger partial charge in [-0.15, -0.1) is 0 Å². The molecular formula is C13H22N2O4. The van der Waals surface area contributed by atoms with E-state index in [9.17, 15) is 14.7 Å². The summed E-state index contributed by atoms with van der Waals surface area (Å²) in [6.45, 7) is 0. The van der Waals surface area contributed by atoms with Gasteiger partial charge >= 0.3 is 12.0 Å². The van der Waals surface area contributed by atoms with Crippen molar-refractivity contribution in [2.45, 2.75) is 69.1 Å². The number of carboxylic acid groups (broad SMARTS) is 1. The van der Waals surface area contributed by atoms with Crippen LogP contribution in [0.25, 0.3) is 0 Å². The zero-order valence-electron chi connectivity index (χ0n) is 11.0. The third kappa shape index (κ3) is 3.59. The number of hydrogen-bond donors (Lipinski definition) is 4. The maximum Gasteiger partial charge on any atom is 0.315 e. The fourth-order valence-corrected chi connectivity index (χ4v) is 2.96. The summed E-state index contributed by atoms with van der Waals surface area (Å²) in [6, 6.07) is -0.567. The molecule has 2 aliphatic carbocycles. The maximum absolute atomic E-state index is 11.9. The Labute approximate surface area is 112 Å². The highest BCUT2D eigenvalue weighted by molar-refractivity contribution is 5.77. The molecule has 2 saturated carbocycles. The molecule has 0 aromatic carbocycles. The molecule has 0 saturated heterocycles. The minimum Gasteiger partial charge on any atom is -0.481 e. The van der Waals surface area contributed by atoms with Gasteiger partial charge in [0, 0.05) is 0 Å². The van der Waals surface area contributed by atoms with Crippen LogP contribution in [0.2, 0.25) is 0 Å². The van der Waals surface area contributed by atoms with Crippen molar-refractivity contribution in [1.82, 2.24) is 10.6 Å². The molecule has 4 N–H and O–H groups in total. The van der Waals surface area contributed by atoms with Crippen LogP contribution in [0.1, 0.15) is 51.4 Å². The maximum atomic E-state index is 11.9. The van der Waals surface area contributed by atoms with Crippen LogP contribution in [-0.4, -0.2) is 39.9 Å². The second kappa shape index (κ2) is 5.77. The molecule has 0 aromatic heterocycles. The molecule has 0 heterocycles. The average molecular weight is 270 g/mol. The van der Waals surface area contributed by atoms with Crippen LogP contribution < -0.4 is 10.6 Å². The molecule has 108 valence electrons. The summed E-state index contributed by atoms with van der Waals surface area (Å²) in [5.41, 5.74) is -0.588. The standard InChI is InChI=1S/C13H22N2O4/c16-10-5-2-1-4-9(10)14-12(19)15-13(6-3-7-13)8-11(17)18/h9-10,16H,1-8H2,(H,17,18)(H2,14,15,19). The van der Waals surface area contributed by atoms with Gasteiger partial charge in [-0.05, 0) is 32.1 Å². The number of nitrogens with one attached hydrogen (secondary N) is 2. The summed E-state index contributed by atoms with van der Waals surface area (Å²) >= 11 is 0. The van der Waals surface area contributed by atoms with E-state index in [0.717, 1.165) is 25.7 Å². The lowest BCUT2D eigenvalue weighted by Gasteiger charge is -2.42. The molecule has 2 amide bonds. The Morgan fingerprint density at radius 1 is 1.16 bits per heavy atom. The van der Waals surface area contributed by atoms with Gasteiger partial charge in [0.05, 0.1) is 24.1 Å². The highest BCUT2D eigenvalue weighted by atomic mass is 16.4. The first-order chi connectivity index (χ1) is 9.01. The van der Waals surface area contributed by atoms with Crippen molar-refractivity contribution >= 4 is 12.0 Å². The predicted molar refractivity (Wildman–Crippen MR) is 68.8 cm³/mol. The zero-order chi connectivity index (χ0) is 13.9. The Morgan fingerprint density at radius 3 is 2.37 bits per heavy atom. The van der Waals surface area contributed by atoms with Gasteiger partial charge in [0.2, 0.25) is 0 Å². The van der Waals surface area contributed by atoms with Crippen molar-refractivity contribution in [2.75, 3.05) is 0 Å². The van der Waals surface area contributed by atoms with Crippen LogP contribution in [-0.2, 0) is 4.79 Å². The third-order valence-corrected chi connectivity index (χ3v) is 4.22. The molecule has 0 bridgehead atoms. The largest absolute Gasteiger partial charge is 0.481 e. The number of aliphatic hydroxyl groups is 1. The van der Waals surface area contributed by atoms with Crippen molar-refractivity contribution in [2.24, 2.45) is 0 Å². The Kier molecular flexibility index (Phi) is 4.29. The van der Waals surface area contributed by atoms with Crippen molar-refractivity contribution in [3.8, 4) is 0 Å². The lowest BCUT2D eigenvalue weighted by atomic mass is 9.74. The van der Waals surface area contributed by atoms with Gasteiger partial charge in [-0.2, -0.15) is 0 Å². The van der Waals surface area contributed by atoms with E-state index in [1.807, 2.05) is 0 Å². The molecule has 0 aromatic rings. The van der Waals surface area contributed by atoms with E-state index in [-0.39, 0.29) is 18.5 Å². The number of urea groups is 1. The molecular weight excluding hydrogens is 248 g/mol. The Balaban J connectivity index is 1.84. The minimum absolute atomic E-state index is 0.0341. The van der Waals surface area contributed by atoms with Crippen molar-refractivity contribution in [3.05, 3.63) is 0 Å². The zero-order valence-corrected chi connectivity index (χ0v) is 11.0.